The smallest absolute Gasteiger partial charge is 0.255 e. The Bertz CT molecular complexity index is 795. The molecule has 2 rings (SSSR count). The monoisotopic (exact) mass is 331 g/mol. The number of sulfone groups is 1. The topological polar surface area (TPSA) is 54.5 Å². The minimum absolute atomic E-state index is 0.0678. The van der Waals surface area contributed by atoms with Crippen LogP contribution in [0.1, 0.15) is 28.4 Å². The molecule has 0 saturated carbocycles. The molecule has 0 atom stereocenters. The molecule has 0 fully saturated rings. The van der Waals surface area contributed by atoms with E-state index in [1.807, 2.05) is 24.3 Å². The van der Waals surface area contributed by atoms with Gasteiger partial charge in [0.25, 0.3) is 5.91 Å². The zero-order valence-electron chi connectivity index (χ0n) is 13.6. The van der Waals surface area contributed by atoms with Gasteiger partial charge in [0.15, 0.2) is 9.84 Å². The highest BCUT2D eigenvalue weighted by atomic mass is 32.2. The SMILES string of the molecule is CCc1ccc(CN(C)C(=O)c2ccccc2S(C)(=O)=O)cc1. The quantitative estimate of drug-likeness (QED) is 0.846. The lowest BCUT2D eigenvalue weighted by molar-refractivity contribution is 0.0781. The lowest BCUT2D eigenvalue weighted by Crippen LogP contribution is -2.27. The van der Waals surface area contributed by atoms with Crippen molar-refractivity contribution in [2.24, 2.45) is 0 Å². The van der Waals surface area contributed by atoms with Gasteiger partial charge in [-0.15, -0.1) is 0 Å². The fraction of sp³-hybridized carbons (Fsp3) is 0.278. The van der Waals surface area contributed by atoms with Crippen LogP contribution in [0.15, 0.2) is 53.4 Å². The molecule has 0 unspecified atom stereocenters. The maximum absolute atomic E-state index is 12.6. The highest BCUT2D eigenvalue weighted by Crippen LogP contribution is 2.18. The standard InChI is InChI=1S/C18H21NO3S/c1-4-14-9-11-15(12-10-14)13-19(2)18(20)16-7-5-6-8-17(16)23(3,21)22/h5-12H,4,13H2,1-3H3. The first-order valence-corrected chi connectivity index (χ1v) is 9.34. The molecule has 0 aliphatic heterocycles. The van der Waals surface area contributed by atoms with Gasteiger partial charge < -0.3 is 4.90 Å². The second-order valence-electron chi connectivity index (χ2n) is 5.60. The van der Waals surface area contributed by atoms with Crippen molar-refractivity contribution in [2.45, 2.75) is 24.8 Å². The van der Waals surface area contributed by atoms with Crippen LogP contribution in [0.25, 0.3) is 0 Å². The Labute approximate surface area is 137 Å². The number of rotatable bonds is 5. The summed E-state index contributed by atoms with van der Waals surface area (Å²) in [5.74, 6) is -0.300. The van der Waals surface area contributed by atoms with Crippen LogP contribution in [0, 0.1) is 0 Å². The molecule has 0 aliphatic carbocycles. The highest BCUT2D eigenvalue weighted by molar-refractivity contribution is 7.90. The zero-order chi connectivity index (χ0) is 17.0. The molecule has 1 amide bonds. The third kappa shape index (κ3) is 4.20. The van der Waals surface area contributed by atoms with E-state index in [2.05, 4.69) is 6.92 Å². The van der Waals surface area contributed by atoms with Gasteiger partial charge in [-0.1, -0.05) is 43.3 Å². The Kier molecular flexibility index (Phi) is 5.21. The summed E-state index contributed by atoms with van der Waals surface area (Å²) in [6, 6.07) is 14.4. The fourth-order valence-corrected chi connectivity index (χ4v) is 3.28. The normalized spacial score (nSPS) is 11.3. The van der Waals surface area contributed by atoms with Crippen LogP contribution in [0.2, 0.25) is 0 Å². The molecule has 0 spiro atoms. The van der Waals surface area contributed by atoms with Crippen LogP contribution >= 0.6 is 0 Å². The van der Waals surface area contributed by atoms with E-state index in [0.29, 0.717) is 6.54 Å². The number of aryl methyl sites for hydroxylation is 1. The summed E-state index contributed by atoms with van der Waals surface area (Å²) in [6.45, 7) is 2.52. The Hall–Kier alpha value is -2.14. The third-order valence-corrected chi connectivity index (χ3v) is 4.87. The molecule has 0 saturated heterocycles. The minimum Gasteiger partial charge on any atom is -0.337 e. The van der Waals surface area contributed by atoms with E-state index in [0.717, 1.165) is 18.2 Å². The van der Waals surface area contributed by atoms with E-state index in [-0.39, 0.29) is 16.4 Å². The Morgan fingerprint density at radius 3 is 2.13 bits per heavy atom. The van der Waals surface area contributed by atoms with Gasteiger partial charge in [-0.05, 0) is 29.7 Å². The van der Waals surface area contributed by atoms with Crippen molar-refractivity contribution in [3.63, 3.8) is 0 Å². The number of carbonyl (C=O) groups excluding carboxylic acids is 1. The first-order valence-electron chi connectivity index (χ1n) is 7.45. The molecule has 4 nitrogen and oxygen atoms in total. The molecule has 0 bridgehead atoms. The van der Waals surface area contributed by atoms with Gasteiger partial charge in [0.2, 0.25) is 0 Å². The van der Waals surface area contributed by atoms with Crippen LogP contribution in [0.4, 0.5) is 0 Å². The van der Waals surface area contributed by atoms with Gasteiger partial charge in [0, 0.05) is 19.8 Å². The summed E-state index contributed by atoms with van der Waals surface area (Å²) in [6.07, 6.45) is 2.08. The van der Waals surface area contributed by atoms with E-state index in [4.69, 9.17) is 0 Å². The van der Waals surface area contributed by atoms with Crippen molar-refractivity contribution in [3.05, 3.63) is 65.2 Å². The van der Waals surface area contributed by atoms with Crippen molar-refractivity contribution in [1.29, 1.82) is 0 Å². The second-order valence-corrected chi connectivity index (χ2v) is 7.58. The Morgan fingerprint density at radius 2 is 1.57 bits per heavy atom. The van der Waals surface area contributed by atoms with E-state index < -0.39 is 9.84 Å². The Balaban J connectivity index is 2.23. The molecule has 0 aliphatic rings. The van der Waals surface area contributed by atoms with Gasteiger partial charge >= 0.3 is 0 Å². The largest absolute Gasteiger partial charge is 0.337 e. The second kappa shape index (κ2) is 6.96. The van der Waals surface area contributed by atoms with Crippen LogP contribution in [0.3, 0.4) is 0 Å². The summed E-state index contributed by atoms with van der Waals surface area (Å²) in [5.41, 5.74) is 2.46. The number of benzene rings is 2. The number of hydrogen-bond acceptors (Lipinski definition) is 3. The summed E-state index contributed by atoms with van der Waals surface area (Å²) in [7, 11) is -1.77. The maximum atomic E-state index is 12.6. The van der Waals surface area contributed by atoms with Crippen molar-refractivity contribution >= 4 is 15.7 Å². The summed E-state index contributed by atoms with van der Waals surface area (Å²) < 4.78 is 23.7. The summed E-state index contributed by atoms with van der Waals surface area (Å²) >= 11 is 0. The molecule has 5 heteroatoms. The Morgan fingerprint density at radius 1 is 1.00 bits per heavy atom. The van der Waals surface area contributed by atoms with E-state index in [9.17, 15) is 13.2 Å². The lowest BCUT2D eigenvalue weighted by atomic mass is 10.1. The summed E-state index contributed by atoms with van der Waals surface area (Å²) in [5, 5.41) is 0. The van der Waals surface area contributed by atoms with Crippen molar-refractivity contribution in [3.8, 4) is 0 Å². The van der Waals surface area contributed by atoms with Gasteiger partial charge in [0.1, 0.15) is 0 Å². The van der Waals surface area contributed by atoms with Gasteiger partial charge in [0.05, 0.1) is 10.5 Å². The first kappa shape index (κ1) is 17.2. The van der Waals surface area contributed by atoms with Crippen molar-refractivity contribution in [2.75, 3.05) is 13.3 Å². The molecular formula is C18H21NO3S. The number of hydrogen-bond donors (Lipinski definition) is 0. The van der Waals surface area contributed by atoms with Gasteiger partial charge in [-0.3, -0.25) is 4.79 Å². The third-order valence-electron chi connectivity index (χ3n) is 3.71. The molecule has 0 N–H and O–H groups in total. The number of nitrogens with zero attached hydrogens (tertiary/aromatic N) is 1. The van der Waals surface area contributed by atoms with Crippen molar-refractivity contribution in [1.82, 2.24) is 4.90 Å². The fourth-order valence-electron chi connectivity index (χ4n) is 2.40. The van der Waals surface area contributed by atoms with Gasteiger partial charge in [-0.2, -0.15) is 0 Å². The van der Waals surface area contributed by atoms with E-state index in [1.165, 1.54) is 16.5 Å². The molecule has 122 valence electrons. The molecule has 0 heterocycles. The van der Waals surface area contributed by atoms with Crippen molar-refractivity contribution < 1.29 is 13.2 Å². The predicted octanol–water partition coefficient (Wildman–Crippen LogP) is 2.92. The molecule has 2 aromatic rings. The molecule has 0 radical (unpaired) electrons. The summed E-state index contributed by atoms with van der Waals surface area (Å²) in [4.78, 5) is 14.2. The van der Waals surface area contributed by atoms with Crippen LogP contribution in [-0.2, 0) is 22.8 Å². The average Bonchev–Trinajstić information content (AvgIpc) is 2.54. The molecule has 23 heavy (non-hydrogen) atoms. The van der Waals surface area contributed by atoms with E-state index in [1.54, 1.807) is 25.2 Å². The predicted molar refractivity (Wildman–Crippen MR) is 91.2 cm³/mol. The first-order chi connectivity index (χ1) is 10.8. The minimum atomic E-state index is -3.44. The highest BCUT2D eigenvalue weighted by Gasteiger charge is 2.20. The molecule has 0 aromatic heterocycles. The average molecular weight is 331 g/mol. The number of amides is 1. The molecular weight excluding hydrogens is 310 g/mol. The van der Waals surface area contributed by atoms with E-state index >= 15 is 0 Å². The zero-order valence-corrected chi connectivity index (χ0v) is 14.4. The van der Waals surface area contributed by atoms with Gasteiger partial charge in [-0.25, -0.2) is 8.42 Å². The van der Waals surface area contributed by atoms with Crippen LogP contribution in [0.5, 0.6) is 0 Å². The molecule has 2 aromatic carbocycles. The lowest BCUT2D eigenvalue weighted by Gasteiger charge is -2.19. The van der Waals surface area contributed by atoms with Crippen LogP contribution < -0.4 is 0 Å². The van der Waals surface area contributed by atoms with Crippen LogP contribution in [-0.4, -0.2) is 32.5 Å². The maximum Gasteiger partial charge on any atom is 0.255 e. The number of carbonyl (C=O) groups is 1.